The summed E-state index contributed by atoms with van der Waals surface area (Å²) in [4.78, 5) is 16.7. The third-order valence-electron chi connectivity index (χ3n) is 4.57. The molecule has 2 unspecified atom stereocenters. The Morgan fingerprint density at radius 3 is 2.70 bits per heavy atom. The van der Waals surface area contributed by atoms with Gasteiger partial charge in [-0.2, -0.15) is 0 Å². The quantitative estimate of drug-likeness (QED) is 0.912. The molecule has 0 spiro atoms. The second-order valence-corrected chi connectivity index (χ2v) is 6.14. The lowest BCUT2D eigenvalue weighted by Gasteiger charge is -2.30. The highest BCUT2D eigenvalue weighted by Gasteiger charge is 2.26. The van der Waals surface area contributed by atoms with E-state index in [-0.39, 0.29) is 24.5 Å². The molecule has 1 amide bonds. The van der Waals surface area contributed by atoms with Gasteiger partial charge in [-0.05, 0) is 24.5 Å². The van der Waals surface area contributed by atoms with Crippen molar-refractivity contribution >= 4 is 5.91 Å². The van der Waals surface area contributed by atoms with E-state index in [0.717, 1.165) is 36.8 Å². The zero-order valence-corrected chi connectivity index (χ0v) is 13.1. The third-order valence-corrected chi connectivity index (χ3v) is 4.57. The molecular weight excluding hydrogens is 288 g/mol. The van der Waals surface area contributed by atoms with Crippen molar-refractivity contribution in [3.8, 4) is 11.1 Å². The van der Waals surface area contributed by atoms with Crippen LogP contribution in [0, 0.1) is 5.92 Å². The van der Waals surface area contributed by atoms with E-state index in [1.165, 1.54) is 0 Å². The van der Waals surface area contributed by atoms with Crippen molar-refractivity contribution in [2.45, 2.75) is 31.7 Å². The Hall–Kier alpha value is -2.20. The van der Waals surface area contributed by atoms with Crippen LogP contribution in [-0.4, -0.2) is 28.6 Å². The SMILES string of the molecule is O=C(NC1CCCCC1CO)c1cncc(-c2ccccc2)c1. The van der Waals surface area contributed by atoms with Gasteiger partial charge in [0.25, 0.3) is 5.91 Å². The fourth-order valence-electron chi connectivity index (χ4n) is 3.22. The van der Waals surface area contributed by atoms with Gasteiger partial charge in [0.2, 0.25) is 0 Å². The molecule has 120 valence electrons. The first kappa shape index (κ1) is 15.7. The van der Waals surface area contributed by atoms with Crippen molar-refractivity contribution in [1.82, 2.24) is 10.3 Å². The van der Waals surface area contributed by atoms with Gasteiger partial charge in [-0.1, -0.05) is 43.2 Å². The minimum Gasteiger partial charge on any atom is -0.396 e. The number of carbonyl (C=O) groups excluding carboxylic acids is 1. The van der Waals surface area contributed by atoms with Crippen LogP contribution < -0.4 is 5.32 Å². The molecule has 1 aliphatic carbocycles. The summed E-state index contributed by atoms with van der Waals surface area (Å²) < 4.78 is 0. The number of nitrogens with zero attached hydrogens (tertiary/aromatic N) is 1. The minimum atomic E-state index is -0.111. The normalized spacial score (nSPS) is 20.9. The second-order valence-electron chi connectivity index (χ2n) is 6.14. The molecule has 2 aromatic rings. The smallest absolute Gasteiger partial charge is 0.253 e. The summed E-state index contributed by atoms with van der Waals surface area (Å²) >= 11 is 0. The number of benzene rings is 1. The van der Waals surface area contributed by atoms with Crippen molar-refractivity contribution in [3.05, 3.63) is 54.4 Å². The van der Waals surface area contributed by atoms with Crippen LogP contribution in [0.2, 0.25) is 0 Å². The highest BCUT2D eigenvalue weighted by molar-refractivity contribution is 5.95. The maximum absolute atomic E-state index is 12.5. The number of aliphatic hydroxyl groups is 1. The van der Waals surface area contributed by atoms with Crippen LogP contribution in [0.4, 0.5) is 0 Å². The van der Waals surface area contributed by atoms with Crippen LogP contribution in [0.5, 0.6) is 0 Å². The van der Waals surface area contributed by atoms with E-state index >= 15 is 0 Å². The number of hydrogen-bond donors (Lipinski definition) is 2. The van der Waals surface area contributed by atoms with Gasteiger partial charge in [-0.15, -0.1) is 0 Å². The maximum atomic E-state index is 12.5. The van der Waals surface area contributed by atoms with Crippen molar-refractivity contribution in [3.63, 3.8) is 0 Å². The lowest BCUT2D eigenvalue weighted by atomic mass is 9.85. The molecule has 1 aromatic carbocycles. The molecular formula is C19H22N2O2. The van der Waals surface area contributed by atoms with E-state index in [1.807, 2.05) is 36.4 Å². The largest absolute Gasteiger partial charge is 0.396 e. The lowest BCUT2D eigenvalue weighted by Crippen LogP contribution is -2.43. The molecule has 1 heterocycles. The van der Waals surface area contributed by atoms with Gasteiger partial charge < -0.3 is 10.4 Å². The summed E-state index contributed by atoms with van der Waals surface area (Å²) in [5, 5.41) is 12.5. The van der Waals surface area contributed by atoms with Crippen molar-refractivity contribution in [2.24, 2.45) is 5.92 Å². The first-order chi connectivity index (χ1) is 11.3. The number of nitrogens with one attached hydrogen (secondary N) is 1. The Balaban J connectivity index is 1.75. The average Bonchev–Trinajstić information content (AvgIpc) is 2.63. The number of amides is 1. The zero-order chi connectivity index (χ0) is 16.1. The highest BCUT2D eigenvalue weighted by Crippen LogP contribution is 2.24. The molecule has 4 heteroatoms. The van der Waals surface area contributed by atoms with Gasteiger partial charge >= 0.3 is 0 Å². The molecule has 2 N–H and O–H groups in total. The monoisotopic (exact) mass is 310 g/mol. The van der Waals surface area contributed by atoms with E-state index < -0.39 is 0 Å². The molecule has 0 radical (unpaired) electrons. The van der Waals surface area contributed by atoms with Gasteiger partial charge in [-0.3, -0.25) is 9.78 Å². The number of aliphatic hydroxyl groups excluding tert-OH is 1. The first-order valence-corrected chi connectivity index (χ1v) is 8.20. The number of carbonyl (C=O) groups is 1. The molecule has 1 aliphatic rings. The van der Waals surface area contributed by atoms with Crippen LogP contribution >= 0.6 is 0 Å². The Kier molecular flexibility index (Phi) is 5.03. The Labute approximate surface area is 136 Å². The molecule has 0 saturated heterocycles. The number of aromatic nitrogens is 1. The maximum Gasteiger partial charge on any atom is 0.253 e. The lowest BCUT2D eigenvalue weighted by molar-refractivity contribution is 0.0872. The summed E-state index contributed by atoms with van der Waals surface area (Å²) in [7, 11) is 0. The molecule has 1 saturated carbocycles. The molecule has 2 atom stereocenters. The Bertz CT molecular complexity index is 657. The number of pyridine rings is 1. The second kappa shape index (κ2) is 7.38. The van der Waals surface area contributed by atoms with Crippen LogP contribution in [0.1, 0.15) is 36.0 Å². The fraction of sp³-hybridized carbons (Fsp3) is 0.368. The van der Waals surface area contributed by atoms with Crippen molar-refractivity contribution in [1.29, 1.82) is 0 Å². The van der Waals surface area contributed by atoms with Crippen LogP contribution in [-0.2, 0) is 0 Å². The Morgan fingerprint density at radius 2 is 1.91 bits per heavy atom. The number of hydrogen-bond acceptors (Lipinski definition) is 3. The summed E-state index contributed by atoms with van der Waals surface area (Å²) in [5.41, 5.74) is 2.54. The van der Waals surface area contributed by atoms with E-state index in [0.29, 0.717) is 5.56 Å². The average molecular weight is 310 g/mol. The number of rotatable bonds is 4. The fourth-order valence-corrected chi connectivity index (χ4v) is 3.22. The van der Waals surface area contributed by atoms with Gasteiger partial charge in [0.15, 0.2) is 0 Å². The Morgan fingerprint density at radius 1 is 1.13 bits per heavy atom. The predicted octanol–water partition coefficient (Wildman–Crippen LogP) is 3.03. The minimum absolute atomic E-state index is 0.0571. The van der Waals surface area contributed by atoms with E-state index in [1.54, 1.807) is 12.4 Å². The first-order valence-electron chi connectivity index (χ1n) is 8.20. The van der Waals surface area contributed by atoms with Crippen LogP contribution in [0.3, 0.4) is 0 Å². The highest BCUT2D eigenvalue weighted by atomic mass is 16.3. The summed E-state index contributed by atoms with van der Waals surface area (Å²) in [6, 6.07) is 11.8. The predicted molar refractivity (Wildman–Crippen MR) is 90.0 cm³/mol. The van der Waals surface area contributed by atoms with E-state index in [4.69, 9.17) is 0 Å². The summed E-state index contributed by atoms with van der Waals surface area (Å²) in [5.74, 6) is 0.0543. The van der Waals surface area contributed by atoms with Crippen molar-refractivity contribution in [2.75, 3.05) is 6.61 Å². The molecule has 0 bridgehead atoms. The molecule has 0 aliphatic heterocycles. The van der Waals surface area contributed by atoms with E-state index in [9.17, 15) is 9.90 Å². The van der Waals surface area contributed by atoms with Gasteiger partial charge in [-0.25, -0.2) is 0 Å². The summed E-state index contributed by atoms with van der Waals surface area (Å²) in [6.45, 7) is 0.132. The molecule has 4 nitrogen and oxygen atoms in total. The van der Waals surface area contributed by atoms with E-state index in [2.05, 4.69) is 10.3 Å². The molecule has 23 heavy (non-hydrogen) atoms. The van der Waals surface area contributed by atoms with Gasteiger partial charge in [0.05, 0.1) is 5.56 Å². The van der Waals surface area contributed by atoms with Crippen LogP contribution in [0.15, 0.2) is 48.8 Å². The summed E-state index contributed by atoms with van der Waals surface area (Å²) in [6.07, 6.45) is 7.50. The molecule has 1 aromatic heterocycles. The standard InChI is InChI=1S/C19H22N2O2/c22-13-15-8-4-5-9-18(15)21-19(23)17-10-16(11-20-12-17)14-6-2-1-3-7-14/h1-3,6-7,10-12,15,18,22H,4-5,8-9,13H2,(H,21,23). The molecule has 3 rings (SSSR count). The van der Waals surface area contributed by atoms with Crippen LogP contribution in [0.25, 0.3) is 11.1 Å². The third kappa shape index (κ3) is 3.77. The zero-order valence-electron chi connectivity index (χ0n) is 13.1. The van der Waals surface area contributed by atoms with Crippen molar-refractivity contribution < 1.29 is 9.90 Å². The molecule has 1 fully saturated rings. The van der Waals surface area contributed by atoms with Gasteiger partial charge in [0.1, 0.15) is 0 Å². The van der Waals surface area contributed by atoms with Gasteiger partial charge in [0, 0.05) is 36.5 Å². The topological polar surface area (TPSA) is 62.2 Å².